The number of pyridine rings is 1. The van der Waals surface area contributed by atoms with Crippen molar-refractivity contribution in [3.63, 3.8) is 0 Å². The number of ether oxygens (including phenoxy) is 2. The van der Waals surface area contributed by atoms with Crippen molar-refractivity contribution in [2.24, 2.45) is 0 Å². The van der Waals surface area contributed by atoms with Gasteiger partial charge in [0.25, 0.3) is 0 Å². The topological polar surface area (TPSA) is 107 Å². The van der Waals surface area contributed by atoms with Crippen molar-refractivity contribution in [1.82, 2.24) is 24.6 Å². The van der Waals surface area contributed by atoms with Gasteiger partial charge in [0.05, 0.1) is 37.4 Å². The van der Waals surface area contributed by atoms with E-state index in [-0.39, 0.29) is 17.9 Å². The zero-order valence-corrected chi connectivity index (χ0v) is 23.0. The quantitative estimate of drug-likeness (QED) is 0.362. The number of morpholine rings is 1. The molecule has 2 aliphatic heterocycles. The molecule has 1 N–H and O–H groups in total. The fourth-order valence-corrected chi connectivity index (χ4v) is 6.65. The highest BCUT2D eigenvalue weighted by atomic mass is 32.1. The third-order valence-corrected chi connectivity index (χ3v) is 8.49. The first-order chi connectivity index (χ1) is 18.9. The maximum Gasteiger partial charge on any atom is 0.232 e. The Kier molecular flexibility index (Phi) is 5.76. The SMILES string of the molecule is Cc1cccc(NC(=O)Cc2nnc3c4sc5nc(N6CCOCC6)c6c(c5c4ncn23)CC(C)(C)OC6)c1. The maximum atomic E-state index is 12.8. The highest BCUT2D eigenvalue weighted by Gasteiger charge is 2.33. The number of anilines is 2. The predicted molar refractivity (Wildman–Crippen MR) is 151 cm³/mol. The summed E-state index contributed by atoms with van der Waals surface area (Å²) in [4.78, 5) is 26.1. The third kappa shape index (κ3) is 4.30. The van der Waals surface area contributed by atoms with E-state index in [0.717, 1.165) is 62.6 Å². The fourth-order valence-electron chi connectivity index (χ4n) is 5.52. The second-order valence-corrected chi connectivity index (χ2v) is 11.8. The first-order valence-corrected chi connectivity index (χ1v) is 14.0. The number of rotatable bonds is 4. The average molecular weight is 544 g/mol. The molecule has 1 amide bonds. The van der Waals surface area contributed by atoms with E-state index in [1.165, 1.54) is 5.56 Å². The molecule has 1 fully saturated rings. The molecule has 10 nitrogen and oxygen atoms in total. The lowest BCUT2D eigenvalue weighted by Gasteiger charge is -2.36. The van der Waals surface area contributed by atoms with Crippen molar-refractivity contribution < 1.29 is 14.3 Å². The van der Waals surface area contributed by atoms with Gasteiger partial charge in [0.15, 0.2) is 5.65 Å². The van der Waals surface area contributed by atoms with Gasteiger partial charge in [-0.2, -0.15) is 0 Å². The highest BCUT2D eigenvalue weighted by molar-refractivity contribution is 7.26. The Labute approximate surface area is 229 Å². The van der Waals surface area contributed by atoms with E-state index in [9.17, 15) is 4.79 Å². The Bertz CT molecular complexity index is 1750. The minimum Gasteiger partial charge on any atom is -0.378 e. The molecule has 6 heterocycles. The number of nitrogens with zero attached hydrogens (tertiary/aromatic N) is 6. The van der Waals surface area contributed by atoms with Gasteiger partial charge in [0, 0.05) is 36.1 Å². The van der Waals surface area contributed by atoms with E-state index in [1.54, 1.807) is 17.7 Å². The van der Waals surface area contributed by atoms with Crippen LogP contribution in [-0.4, -0.2) is 62.4 Å². The molecule has 0 saturated carbocycles. The molecule has 4 aromatic heterocycles. The Hall–Kier alpha value is -3.67. The van der Waals surface area contributed by atoms with Crippen LogP contribution in [0.5, 0.6) is 0 Å². The number of hydrogen-bond donors (Lipinski definition) is 1. The third-order valence-electron chi connectivity index (χ3n) is 7.42. The molecule has 1 aromatic carbocycles. The number of nitrogens with one attached hydrogen (secondary N) is 1. The van der Waals surface area contributed by atoms with Crippen LogP contribution >= 0.6 is 11.3 Å². The molecule has 5 aromatic rings. The van der Waals surface area contributed by atoms with Crippen molar-refractivity contribution in [2.45, 2.75) is 45.8 Å². The molecule has 0 bridgehead atoms. The van der Waals surface area contributed by atoms with Crippen LogP contribution in [-0.2, 0) is 33.7 Å². The summed E-state index contributed by atoms with van der Waals surface area (Å²) in [5.41, 5.74) is 5.51. The van der Waals surface area contributed by atoms with Gasteiger partial charge in [0.1, 0.15) is 27.5 Å². The van der Waals surface area contributed by atoms with E-state index in [1.807, 2.05) is 35.6 Å². The number of benzene rings is 1. The van der Waals surface area contributed by atoms with Gasteiger partial charge < -0.3 is 19.7 Å². The van der Waals surface area contributed by atoms with Crippen molar-refractivity contribution in [2.75, 3.05) is 36.5 Å². The fraction of sp³-hybridized carbons (Fsp3) is 0.393. The van der Waals surface area contributed by atoms with E-state index >= 15 is 0 Å². The molecule has 0 atom stereocenters. The summed E-state index contributed by atoms with van der Waals surface area (Å²) in [5, 5.41) is 12.9. The van der Waals surface area contributed by atoms with Crippen LogP contribution in [0.1, 0.15) is 36.4 Å². The van der Waals surface area contributed by atoms with E-state index < -0.39 is 0 Å². The summed E-state index contributed by atoms with van der Waals surface area (Å²) in [7, 11) is 0. The van der Waals surface area contributed by atoms with Gasteiger partial charge in [-0.1, -0.05) is 12.1 Å². The molecule has 200 valence electrons. The first-order valence-electron chi connectivity index (χ1n) is 13.2. The van der Waals surface area contributed by atoms with Crippen molar-refractivity contribution >= 4 is 54.8 Å². The normalized spacial score (nSPS) is 17.2. The Morgan fingerprint density at radius 2 is 2.03 bits per heavy atom. The van der Waals surface area contributed by atoms with Crippen LogP contribution in [0.15, 0.2) is 30.6 Å². The lowest BCUT2D eigenvalue weighted by atomic mass is 9.90. The predicted octanol–water partition coefficient (Wildman–Crippen LogP) is 4.06. The molecule has 2 aliphatic rings. The molecular weight excluding hydrogens is 514 g/mol. The smallest absolute Gasteiger partial charge is 0.232 e. The van der Waals surface area contributed by atoms with Crippen LogP contribution in [0, 0.1) is 6.92 Å². The van der Waals surface area contributed by atoms with Gasteiger partial charge in [-0.3, -0.25) is 9.20 Å². The number of aromatic nitrogens is 5. The molecule has 7 rings (SSSR count). The summed E-state index contributed by atoms with van der Waals surface area (Å²) in [6, 6.07) is 7.73. The molecule has 1 saturated heterocycles. The minimum absolute atomic E-state index is 0.0908. The van der Waals surface area contributed by atoms with Crippen molar-refractivity contribution in [3.8, 4) is 0 Å². The molecule has 11 heteroatoms. The first kappa shape index (κ1) is 24.4. The van der Waals surface area contributed by atoms with Crippen LogP contribution in [0.3, 0.4) is 0 Å². The molecule has 0 radical (unpaired) electrons. The zero-order chi connectivity index (χ0) is 26.7. The molecule has 0 unspecified atom stereocenters. The van der Waals surface area contributed by atoms with Crippen LogP contribution in [0.25, 0.3) is 26.1 Å². The largest absolute Gasteiger partial charge is 0.378 e. The highest BCUT2D eigenvalue weighted by Crippen LogP contribution is 2.43. The van der Waals surface area contributed by atoms with Gasteiger partial charge in [0.2, 0.25) is 5.91 Å². The van der Waals surface area contributed by atoms with Gasteiger partial charge in [-0.05, 0) is 44.0 Å². The standard InChI is InChI=1S/C28H29N7O3S/c1-16-5-4-6-17(11-16)30-21(36)12-20-32-33-26-24-23(29-15-35(20)26)22-18-13-28(2,3)38-14-19(18)25(31-27(22)39-24)34-7-9-37-10-8-34/h4-6,11,15H,7-10,12-14H2,1-3H3,(H,30,36). The van der Waals surface area contributed by atoms with E-state index in [4.69, 9.17) is 19.4 Å². The van der Waals surface area contributed by atoms with Crippen molar-refractivity contribution in [1.29, 1.82) is 0 Å². The number of amides is 1. The summed E-state index contributed by atoms with van der Waals surface area (Å²) >= 11 is 1.58. The number of carbonyl (C=O) groups excluding carboxylic acids is 1. The second kappa shape index (κ2) is 9.22. The monoisotopic (exact) mass is 543 g/mol. The maximum absolute atomic E-state index is 12.8. The van der Waals surface area contributed by atoms with Crippen LogP contribution in [0.2, 0.25) is 0 Å². The molecule has 0 aliphatic carbocycles. The molecule has 39 heavy (non-hydrogen) atoms. The number of thiophene rings is 1. The number of carbonyl (C=O) groups is 1. The summed E-state index contributed by atoms with van der Waals surface area (Å²) in [6.07, 6.45) is 2.59. The zero-order valence-electron chi connectivity index (χ0n) is 22.2. The Balaban J connectivity index is 1.32. The second-order valence-electron chi connectivity index (χ2n) is 10.8. The molecular formula is C28H29N7O3S. The number of aryl methyl sites for hydroxylation is 1. The Morgan fingerprint density at radius 3 is 2.85 bits per heavy atom. The average Bonchev–Trinajstić information content (AvgIpc) is 3.49. The molecule has 0 spiro atoms. The van der Waals surface area contributed by atoms with Crippen LogP contribution in [0.4, 0.5) is 11.5 Å². The lowest BCUT2D eigenvalue weighted by Crippen LogP contribution is -2.39. The summed E-state index contributed by atoms with van der Waals surface area (Å²) in [5.74, 6) is 1.37. The number of fused-ring (bicyclic) bond motifs is 7. The van der Waals surface area contributed by atoms with Gasteiger partial charge in [-0.15, -0.1) is 21.5 Å². The van der Waals surface area contributed by atoms with Crippen LogP contribution < -0.4 is 10.2 Å². The van der Waals surface area contributed by atoms with E-state index in [0.29, 0.717) is 31.3 Å². The summed E-state index contributed by atoms with van der Waals surface area (Å²) < 4.78 is 14.6. The summed E-state index contributed by atoms with van der Waals surface area (Å²) in [6.45, 7) is 9.76. The van der Waals surface area contributed by atoms with Gasteiger partial charge >= 0.3 is 0 Å². The number of hydrogen-bond acceptors (Lipinski definition) is 9. The minimum atomic E-state index is -0.283. The lowest BCUT2D eigenvalue weighted by molar-refractivity contribution is -0.115. The van der Waals surface area contributed by atoms with Gasteiger partial charge in [-0.25, -0.2) is 9.97 Å². The Morgan fingerprint density at radius 1 is 1.18 bits per heavy atom. The van der Waals surface area contributed by atoms with Crippen molar-refractivity contribution in [3.05, 3.63) is 53.1 Å². The van der Waals surface area contributed by atoms with E-state index in [2.05, 4.69) is 34.3 Å².